The van der Waals surface area contributed by atoms with Gasteiger partial charge in [-0.2, -0.15) is 18.2 Å². The molecule has 4 N–H and O–H groups in total. The highest BCUT2D eigenvalue weighted by Crippen LogP contribution is 2.22. The van der Waals surface area contributed by atoms with Gasteiger partial charge in [0.1, 0.15) is 5.82 Å². The summed E-state index contributed by atoms with van der Waals surface area (Å²) in [5.41, 5.74) is 2.20. The summed E-state index contributed by atoms with van der Waals surface area (Å²) >= 11 is 3.10. The molecule has 0 spiro atoms. The van der Waals surface area contributed by atoms with Crippen molar-refractivity contribution in [2.45, 2.75) is 12.6 Å². The summed E-state index contributed by atoms with van der Waals surface area (Å²) in [6, 6.07) is 0. The summed E-state index contributed by atoms with van der Waals surface area (Å²) in [6.45, 7) is -0.261. The van der Waals surface area contributed by atoms with E-state index in [1.807, 2.05) is 0 Å². The summed E-state index contributed by atoms with van der Waals surface area (Å²) < 4.78 is 36.1. The number of nitrogens with zero attached hydrogens (tertiary/aromatic N) is 2. The first-order chi connectivity index (χ1) is 7.42. The van der Waals surface area contributed by atoms with Crippen molar-refractivity contribution < 1.29 is 13.2 Å². The molecule has 0 radical (unpaired) electrons. The molecule has 0 fully saturated rings. The number of rotatable bonds is 4. The van der Waals surface area contributed by atoms with Crippen LogP contribution in [-0.4, -0.2) is 22.7 Å². The normalized spacial score (nSPS) is 11.3. The van der Waals surface area contributed by atoms with Crippen LogP contribution in [0.2, 0.25) is 0 Å². The van der Waals surface area contributed by atoms with Crippen molar-refractivity contribution in [2.75, 3.05) is 17.3 Å². The number of alkyl halides is 3. The molecule has 0 aliphatic carbocycles. The Kier molecular flexibility index (Phi) is 4.30. The molecule has 9 heteroatoms. The molecule has 0 amide bonds. The zero-order chi connectivity index (χ0) is 12.2. The minimum absolute atomic E-state index is 0.123. The van der Waals surface area contributed by atoms with Gasteiger partial charge in [-0.15, -0.1) is 0 Å². The summed E-state index contributed by atoms with van der Waals surface area (Å²) in [5, 5.41) is 2.53. The van der Waals surface area contributed by atoms with E-state index in [1.54, 1.807) is 0 Å². The lowest BCUT2D eigenvalue weighted by Gasteiger charge is -2.10. The third kappa shape index (κ3) is 4.19. The van der Waals surface area contributed by atoms with Gasteiger partial charge in [-0.05, 0) is 15.9 Å². The number of halogens is 4. The fraction of sp³-hybridized carbons (Fsp3) is 0.429. The summed E-state index contributed by atoms with van der Waals surface area (Å²) in [7, 11) is 0. The van der Waals surface area contributed by atoms with Crippen molar-refractivity contribution >= 4 is 27.7 Å². The Hall–Kier alpha value is -1.09. The smallest absolute Gasteiger partial charge is 0.369 e. The van der Waals surface area contributed by atoms with Gasteiger partial charge in [0, 0.05) is 12.7 Å². The number of hydrogen-bond acceptors (Lipinski definition) is 5. The lowest BCUT2D eigenvalue weighted by atomic mass is 10.4. The number of nitrogens with two attached hydrogens (primary N) is 1. The summed E-state index contributed by atoms with van der Waals surface area (Å²) in [5.74, 6) is 5.45. The van der Waals surface area contributed by atoms with Crippen molar-refractivity contribution in [1.29, 1.82) is 0 Å². The fourth-order valence-corrected chi connectivity index (χ4v) is 1.21. The van der Waals surface area contributed by atoms with Gasteiger partial charge in [-0.3, -0.25) is 5.43 Å². The molecule has 0 saturated carbocycles. The first-order valence-electron chi connectivity index (χ1n) is 4.22. The molecule has 90 valence electrons. The second kappa shape index (κ2) is 5.30. The average molecular weight is 300 g/mol. The first kappa shape index (κ1) is 13.0. The second-order valence-electron chi connectivity index (χ2n) is 2.83. The van der Waals surface area contributed by atoms with E-state index >= 15 is 0 Å². The van der Waals surface area contributed by atoms with E-state index < -0.39 is 12.6 Å². The van der Waals surface area contributed by atoms with Crippen LogP contribution < -0.4 is 16.6 Å². The average Bonchev–Trinajstić information content (AvgIpc) is 2.19. The molecular weight excluding hydrogens is 291 g/mol. The van der Waals surface area contributed by atoms with Gasteiger partial charge in [0.2, 0.25) is 5.95 Å². The fourth-order valence-electron chi connectivity index (χ4n) is 0.883. The molecule has 0 saturated heterocycles. The molecule has 0 bridgehead atoms. The molecule has 0 atom stereocenters. The van der Waals surface area contributed by atoms with E-state index in [0.717, 1.165) is 0 Å². The van der Waals surface area contributed by atoms with E-state index in [4.69, 9.17) is 5.84 Å². The number of hydrazine groups is 1. The maximum Gasteiger partial charge on any atom is 0.390 e. The van der Waals surface area contributed by atoms with Crippen LogP contribution in [0.1, 0.15) is 6.42 Å². The van der Waals surface area contributed by atoms with Crippen LogP contribution in [0, 0.1) is 0 Å². The van der Waals surface area contributed by atoms with Crippen molar-refractivity contribution in [3.63, 3.8) is 0 Å². The van der Waals surface area contributed by atoms with Gasteiger partial charge in [-0.25, -0.2) is 10.8 Å². The number of nitrogens with one attached hydrogen (secondary N) is 2. The Bertz CT molecular complexity index is 356. The molecule has 1 aromatic heterocycles. The molecule has 1 heterocycles. The van der Waals surface area contributed by atoms with Gasteiger partial charge in [0.25, 0.3) is 0 Å². The van der Waals surface area contributed by atoms with Crippen LogP contribution in [0.4, 0.5) is 24.9 Å². The Labute approximate surface area is 97.7 Å². The van der Waals surface area contributed by atoms with Crippen LogP contribution in [0.3, 0.4) is 0 Å². The van der Waals surface area contributed by atoms with Crippen molar-refractivity contribution in [3.05, 3.63) is 10.7 Å². The number of hydrogen-bond donors (Lipinski definition) is 3. The van der Waals surface area contributed by atoms with Crippen molar-refractivity contribution in [3.8, 4) is 0 Å². The van der Waals surface area contributed by atoms with E-state index in [9.17, 15) is 13.2 Å². The largest absolute Gasteiger partial charge is 0.390 e. The Morgan fingerprint density at radius 3 is 2.69 bits per heavy atom. The van der Waals surface area contributed by atoms with Crippen LogP contribution in [-0.2, 0) is 0 Å². The Morgan fingerprint density at radius 1 is 1.44 bits per heavy atom. The highest BCUT2D eigenvalue weighted by atomic mass is 79.9. The maximum atomic E-state index is 11.9. The lowest BCUT2D eigenvalue weighted by molar-refractivity contribution is -0.131. The number of nitrogen functional groups attached to an aromatic ring is 1. The van der Waals surface area contributed by atoms with Gasteiger partial charge in [0.05, 0.1) is 10.9 Å². The third-order valence-electron chi connectivity index (χ3n) is 1.57. The quantitative estimate of drug-likeness (QED) is 0.585. The molecule has 0 aliphatic rings. The Balaban J connectivity index is 2.59. The number of aromatic nitrogens is 2. The topological polar surface area (TPSA) is 75.9 Å². The molecule has 1 rings (SSSR count). The predicted octanol–water partition coefficient (Wildman–Crippen LogP) is 1.89. The Morgan fingerprint density at radius 2 is 2.12 bits per heavy atom. The van der Waals surface area contributed by atoms with Gasteiger partial charge in [-0.1, -0.05) is 0 Å². The monoisotopic (exact) mass is 299 g/mol. The first-order valence-corrected chi connectivity index (χ1v) is 5.01. The highest BCUT2D eigenvalue weighted by Gasteiger charge is 2.26. The molecule has 0 aromatic carbocycles. The van der Waals surface area contributed by atoms with Crippen LogP contribution in [0.5, 0.6) is 0 Å². The molecule has 0 aliphatic heterocycles. The second-order valence-corrected chi connectivity index (χ2v) is 3.68. The van der Waals surface area contributed by atoms with E-state index in [0.29, 0.717) is 4.47 Å². The zero-order valence-corrected chi connectivity index (χ0v) is 9.56. The van der Waals surface area contributed by atoms with Crippen LogP contribution >= 0.6 is 15.9 Å². The minimum atomic E-state index is -4.19. The molecule has 0 unspecified atom stereocenters. The maximum absolute atomic E-state index is 11.9. The summed E-state index contributed by atoms with van der Waals surface area (Å²) in [4.78, 5) is 7.60. The van der Waals surface area contributed by atoms with Gasteiger partial charge < -0.3 is 5.32 Å². The lowest BCUT2D eigenvalue weighted by Crippen LogP contribution is -2.16. The van der Waals surface area contributed by atoms with Crippen molar-refractivity contribution in [1.82, 2.24) is 9.97 Å². The SMILES string of the molecule is NNc1ncc(Br)c(NCCC(F)(F)F)n1. The predicted molar refractivity (Wildman–Crippen MR) is 56.7 cm³/mol. The van der Waals surface area contributed by atoms with Gasteiger partial charge in [0.15, 0.2) is 0 Å². The van der Waals surface area contributed by atoms with Crippen LogP contribution in [0.15, 0.2) is 10.7 Å². The van der Waals surface area contributed by atoms with E-state index in [-0.39, 0.29) is 18.3 Å². The van der Waals surface area contributed by atoms with E-state index in [2.05, 4.69) is 36.6 Å². The standard InChI is InChI=1S/C7H9BrF3N5/c8-4-3-14-6(16-12)15-5(4)13-2-1-7(9,10)11/h3H,1-2,12H2,(H2,13,14,15,16). The molecule has 5 nitrogen and oxygen atoms in total. The molecule has 1 aromatic rings. The van der Waals surface area contributed by atoms with Crippen molar-refractivity contribution in [2.24, 2.45) is 5.84 Å². The van der Waals surface area contributed by atoms with Gasteiger partial charge >= 0.3 is 6.18 Å². The highest BCUT2D eigenvalue weighted by molar-refractivity contribution is 9.10. The summed E-state index contributed by atoms with van der Waals surface area (Å²) in [6.07, 6.45) is -3.74. The van der Waals surface area contributed by atoms with E-state index in [1.165, 1.54) is 6.20 Å². The molecular formula is C7H9BrF3N5. The number of anilines is 2. The molecule has 16 heavy (non-hydrogen) atoms. The van der Waals surface area contributed by atoms with Crippen LogP contribution in [0.25, 0.3) is 0 Å². The zero-order valence-electron chi connectivity index (χ0n) is 7.98. The third-order valence-corrected chi connectivity index (χ3v) is 2.15. The minimum Gasteiger partial charge on any atom is -0.369 e.